The molecule has 0 bridgehead atoms. The zero-order valence-corrected chi connectivity index (χ0v) is 16.0. The fourth-order valence-electron chi connectivity index (χ4n) is 3.25. The Balaban J connectivity index is 1.76. The Morgan fingerprint density at radius 1 is 1.14 bits per heavy atom. The molecule has 0 fully saturated rings. The molecule has 0 unspecified atom stereocenters. The first-order chi connectivity index (χ1) is 13.5. The van der Waals surface area contributed by atoms with E-state index in [0.29, 0.717) is 17.6 Å². The van der Waals surface area contributed by atoms with Crippen LogP contribution in [0, 0.1) is 13.8 Å². The third-order valence-electron chi connectivity index (χ3n) is 4.57. The third-order valence-corrected chi connectivity index (χ3v) is 4.57. The van der Waals surface area contributed by atoms with Crippen LogP contribution in [0.4, 0.5) is 11.6 Å². The average molecular weight is 376 g/mol. The second-order valence-electron chi connectivity index (χ2n) is 6.74. The maximum Gasteiger partial charge on any atom is 0.357 e. The molecule has 1 atom stereocenters. The Kier molecular flexibility index (Phi) is 4.57. The molecule has 28 heavy (non-hydrogen) atoms. The Bertz CT molecular complexity index is 1100. The van der Waals surface area contributed by atoms with E-state index in [1.54, 1.807) is 11.7 Å². The molecule has 0 saturated carbocycles. The first-order valence-electron chi connectivity index (χ1n) is 9.02. The predicted molar refractivity (Wildman–Crippen MR) is 109 cm³/mol. The van der Waals surface area contributed by atoms with Gasteiger partial charge in [-0.05, 0) is 38.1 Å². The third kappa shape index (κ3) is 3.46. The van der Waals surface area contributed by atoms with E-state index in [4.69, 9.17) is 4.74 Å². The molecule has 0 spiro atoms. The molecule has 0 saturated heterocycles. The van der Waals surface area contributed by atoms with Gasteiger partial charge in [-0.15, -0.1) is 0 Å². The van der Waals surface area contributed by atoms with Gasteiger partial charge in [-0.3, -0.25) is 9.79 Å². The second kappa shape index (κ2) is 7.19. The summed E-state index contributed by atoms with van der Waals surface area (Å²) in [5.41, 5.74) is 3.53. The number of aryl methyl sites for hydroxylation is 2. The van der Waals surface area contributed by atoms with Gasteiger partial charge in [-0.2, -0.15) is 0 Å². The van der Waals surface area contributed by atoms with Crippen LogP contribution in [0.1, 0.15) is 23.0 Å². The minimum Gasteiger partial charge on any atom is -0.497 e. The van der Waals surface area contributed by atoms with E-state index in [1.165, 1.54) is 6.07 Å². The van der Waals surface area contributed by atoms with Crippen LogP contribution in [-0.2, 0) is 0 Å². The fourth-order valence-corrected chi connectivity index (χ4v) is 3.25. The van der Waals surface area contributed by atoms with Crippen molar-refractivity contribution >= 4 is 17.6 Å². The number of ether oxygens (including phenoxy) is 1. The van der Waals surface area contributed by atoms with Gasteiger partial charge in [-0.1, -0.05) is 29.8 Å². The zero-order chi connectivity index (χ0) is 19.7. The van der Waals surface area contributed by atoms with Crippen molar-refractivity contribution in [1.82, 2.24) is 9.55 Å². The summed E-state index contributed by atoms with van der Waals surface area (Å²) < 4.78 is 6.83. The number of benzene rings is 2. The van der Waals surface area contributed by atoms with Gasteiger partial charge in [0.05, 0.1) is 12.8 Å². The molecule has 3 aromatic rings. The number of hydrogen-bond acceptors (Lipinski definition) is 5. The van der Waals surface area contributed by atoms with E-state index in [1.807, 2.05) is 56.3 Å². The molecule has 0 radical (unpaired) electrons. The number of aromatic nitrogens is 2. The van der Waals surface area contributed by atoms with Crippen molar-refractivity contribution < 1.29 is 9.73 Å². The molecule has 7 nitrogen and oxygen atoms in total. The van der Waals surface area contributed by atoms with Crippen molar-refractivity contribution in [2.75, 3.05) is 17.7 Å². The molecule has 1 aliphatic heterocycles. The summed E-state index contributed by atoms with van der Waals surface area (Å²) in [5, 5.41) is 6.49. The van der Waals surface area contributed by atoms with Crippen LogP contribution < -0.4 is 25.9 Å². The van der Waals surface area contributed by atoms with E-state index in [9.17, 15) is 4.79 Å². The molecule has 1 aromatic heterocycles. The summed E-state index contributed by atoms with van der Waals surface area (Å²) in [4.78, 5) is 20.6. The summed E-state index contributed by atoms with van der Waals surface area (Å²) in [7, 11) is 1.64. The van der Waals surface area contributed by atoms with Gasteiger partial charge in [-0.25, -0.2) is 20.2 Å². The average Bonchev–Trinajstić information content (AvgIpc) is 2.67. The Labute approximate surface area is 162 Å². The van der Waals surface area contributed by atoms with Crippen molar-refractivity contribution in [2.24, 2.45) is 0 Å². The summed E-state index contributed by atoms with van der Waals surface area (Å²) >= 11 is 0. The summed E-state index contributed by atoms with van der Waals surface area (Å²) in [6.07, 6.45) is -0.377. The van der Waals surface area contributed by atoms with Crippen LogP contribution in [0.5, 0.6) is 5.75 Å². The van der Waals surface area contributed by atoms with Crippen LogP contribution in [-0.4, -0.2) is 22.6 Å². The molecular formula is C21H22N5O2+. The van der Waals surface area contributed by atoms with E-state index in [-0.39, 0.29) is 11.7 Å². The van der Waals surface area contributed by atoms with Gasteiger partial charge < -0.3 is 4.74 Å². The number of hydrogen-bond donors (Lipinski definition) is 3. The molecule has 2 aromatic carbocycles. The highest BCUT2D eigenvalue weighted by atomic mass is 16.5. The molecule has 1 aliphatic rings. The first kappa shape index (κ1) is 17.8. The number of fused-ring (bicyclic) bond motifs is 1. The molecule has 0 amide bonds. The summed E-state index contributed by atoms with van der Waals surface area (Å²) in [6, 6.07) is 17.2. The van der Waals surface area contributed by atoms with Gasteiger partial charge in [0, 0.05) is 17.3 Å². The number of rotatable bonds is 3. The van der Waals surface area contributed by atoms with Crippen molar-refractivity contribution in [3.05, 3.63) is 81.8 Å². The van der Waals surface area contributed by atoms with E-state index >= 15 is 0 Å². The minimum atomic E-state index is -0.377. The molecule has 142 valence electrons. The van der Waals surface area contributed by atoms with Gasteiger partial charge in [0.25, 0.3) is 11.5 Å². The lowest BCUT2D eigenvalue weighted by Crippen LogP contribution is -2.82. The molecule has 7 heteroatoms. The maximum atomic E-state index is 12.7. The van der Waals surface area contributed by atoms with Gasteiger partial charge in [0.15, 0.2) is 6.17 Å². The Morgan fingerprint density at radius 3 is 2.64 bits per heavy atom. The highest BCUT2D eigenvalue weighted by Crippen LogP contribution is 2.19. The van der Waals surface area contributed by atoms with Crippen LogP contribution in [0.3, 0.4) is 0 Å². The normalized spacial score (nSPS) is 15.2. The van der Waals surface area contributed by atoms with Crippen LogP contribution in [0.15, 0.2) is 59.4 Å². The van der Waals surface area contributed by atoms with Crippen LogP contribution >= 0.6 is 0 Å². The number of guanidine groups is 1. The van der Waals surface area contributed by atoms with E-state index in [0.717, 1.165) is 22.6 Å². The van der Waals surface area contributed by atoms with E-state index in [2.05, 4.69) is 26.7 Å². The molecule has 2 heterocycles. The molecular weight excluding hydrogens is 354 g/mol. The summed E-state index contributed by atoms with van der Waals surface area (Å²) in [5.74, 6) is 1.92. The Morgan fingerprint density at radius 2 is 1.93 bits per heavy atom. The molecule has 0 aliphatic carbocycles. The quantitative estimate of drug-likeness (QED) is 0.644. The van der Waals surface area contributed by atoms with Gasteiger partial charge in [0.1, 0.15) is 5.75 Å². The highest BCUT2D eigenvalue weighted by molar-refractivity contribution is 5.99. The largest absolute Gasteiger partial charge is 0.497 e. The smallest absolute Gasteiger partial charge is 0.357 e. The highest BCUT2D eigenvalue weighted by Gasteiger charge is 2.29. The lowest BCUT2D eigenvalue weighted by Gasteiger charge is -2.23. The molecule has 4 rings (SSSR count). The van der Waals surface area contributed by atoms with Gasteiger partial charge >= 0.3 is 5.96 Å². The van der Waals surface area contributed by atoms with Crippen molar-refractivity contribution in [3.8, 4) is 5.75 Å². The van der Waals surface area contributed by atoms with Crippen molar-refractivity contribution in [1.29, 1.82) is 0 Å². The summed E-state index contributed by atoms with van der Waals surface area (Å²) in [6.45, 7) is 3.84. The number of nitrogens with one attached hydrogen (secondary N) is 3. The topological polar surface area (TPSA) is 82.2 Å². The fraction of sp³-hybridized carbons (Fsp3) is 0.190. The van der Waals surface area contributed by atoms with Crippen molar-refractivity contribution in [2.45, 2.75) is 20.0 Å². The Hall–Kier alpha value is -3.61. The zero-order valence-electron chi connectivity index (χ0n) is 16.0. The van der Waals surface area contributed by atoms with Crippen molar-refractivity contribution in [3.63, 3.8) is 0 Å². The van der Waals surface area contributed by atoms with Crippen LogP contribution in [0.2, 0.25) is 0 Å². The minimum absolute atomic E-state index is 0.113. The second-order valence-corrected chi connectivity index (χ2v) is 6.74. The molecule has 3 N–H and O–H groups in total. The predicted octanol–water partition coefficient (Wildman–Crippen LogP) is 1.39. The van der Waals surface area contributed by atoms with Crippen LogP contribution in [0.25, 0.3) is 0 Å². The SMILES string of the molecule is COc1ccc(NC2=[NH+][C@H](c3cccc(C)c3)n3c(nc(C)cc3=O)N2)cc1. The number of nitrogens with zero attached hydrogens (tertiary/aromatic N) is 2. The van der Waals surface area contributed by atoms with Gasteiger partial charge in [0.2, 0.25) is 0 Å². The first-order valence-corrected chi connectivity index (χ1v) is 9.02. The number of anilines is 2. The maximum absolute atomic E-state index is 12.7. The standard InChI is InChI=1S/C21H21N5O2/c1-13-5-4-6-15(11-13)19-24-20(23-16-7-9-17(28-3)10-8-16)25-21-22-14(2)12-18(27)26(19)21/h4-12,19H,1-3H3,(H2,22,23,24,25)/p+1/t19-/m0/s1. The number of methoxy groups -OCH3 is 1. The lowest BCUT2D eigenvalue weighted by atomic mass is 10.1. The van der Waals surface area contributed by atoms with E-state index < -0.39 is 0 Å². The monoisotopic (exact) mass is 376 g/mol. The lowest BCUT2D eigenvalue weighted by molar-refractivity contribution is -0.520.